The zero-order valence-electron chi connectivity index (χ0n) is 7.72. The van der Waals surface area contributed by atoms with Gasteiger partial charge in [-0.25, -0.2) is 4.98 Å². The van der Waals surface area contributed by atoms with Crippen LogP contribution in [0, 0.1) is 12.8 Å². The van der Waals surface area contributed by atoms with E-state index >= 15 is 0 Å². The van der Waals surface area contributed by atoms with Gasteiger partial charge in [0.25, 0.3) is 0 Å². The quantitative estimate of drug-likeness (QED) is 0.721. The fraction of sp³-hybridized carbons (Fsp3) is 0.667. The summed E-state index contributed by atoms with van der Waals surface area (Å²) in [6.45, 7) is 6.57. The first-order valence-corrected chi connectivity index (χ1v) is 5.21. The Hall–Kier alpha value is -0.570. The number of anilines is 1. The molecule has 1 aliphatic rings. The van der Waals surface area contributed by atoms with Gasteiger partial charge in [0.05, 0.1) is 10.7 Å². The number of hydrogen-bond donors (Lipinski definition) is 1. The van der Waals surface area contributed by atoms with Crippen molar-refractivity contribution in [2.24, 2.45) is 5.92 Å². The summed E-state index contributed by atoms with van der Waals surface area (Å²) < 4.78 is 0. The number of nitrogens with one attached hydrogen (secondary N) is 1. The normalized spacial score (nSPS) is 21.2. The monoisotopic (exact) mass is 182 g/mol. The molecule has 1 unspecified atom stereocenters. The van der Waals surface area contributed by atoms with Crippen LogP contribution in [0.1, 0.15) is 24.5 Å². The van der Waals surface area contributed by atoms with E-state index in [1.807, 2.05) is 0 Å². The van der Waals surface area contributed by atoms with Crippen molar-refractivity contribution in [1.82, 2.24) is 4.98 Å². The third kappa shape index (κ3) is 1.22. The van der Waals surface area contributed by atoms with Gasteiger partial charge in [0.15, 0.2) is 0 Å². The topological polar surface area (TPSA) is 24.9 Å². The third-order valence-electron chi connectivity index (χ3n) is 2.34. The van der Waals surface area contributed by atoms with Crippen molar-refractivity contribution in [2.75, 3.05) is 5.32 Å². The van der Waals surface area contributed by atoms with E-state index in [9.17, 15) is 0 Å². The molecule has 1 aromatic rings. The molecule has 12 heavy (non-hydrogen) atoms. The number of nitrogens with zero attached hydrogens (tertiary/aromatic N) is 1. The molecule has 2 heterocycles. The minimum Gasteiger partial charge on any atom is -0.372 e. The van der Waals surface area contributed by atoms with Crippen LogP contribution in [0.3, 0.4) is 0 Å². The van der Waals surface area contributed by atoms with Gasteiger partial charge in [0.1, 0.15) is 5.00 Å². The molecule has 2 nitrogen and oxygen atoms in total. The van der Waals surface area contributed by atoms with Crippen molar-refractivity contribution in [2.45, 2.75) is 33.2 Å². The molecule has 0 aromatic carbocycles. The Morgan fingerprint density at radius 3 is 2.92 bits per heavy atom. The smallest absolute Gasteiger partial charge is 0.112 e. The minimum absolute atomic E-state index is 0.611. The second-order valence-electron chi connectivity index (χ2n) is 3.71. The lowest BCUT2D eigenvalue weighted by molar-refractivity contribution is 0.535. The van der Waals surface area contributed by atoms with E-state index in [0.29, 0.717) is 12.0 Å². The van der Waals surface area contributed by atoms with E-state index < -0.39 is 0 Å². The molecule has 0 saturated carbocycles. The first kappa shape index (κ1) is 8.05. The highest BCUT2D eigenvalue weighted by atomic mass is 32.1. The van der Waals surface area contributed by atoms with Crippen LogP contribution in [0.2, 0.25) is 0 Å². The lowest BCUT2D eigenvalue weighted by Crippen LogP contribution is -2.22. The molecule has 0 saturated heterocycles. The molecule has 0 aliphatic carbocycles. The summed E-state index contributed by atoms with van der Waals surface area (Å²) in [6.07, 6.45) is 1.11. The minimum atomic E-state index is 0.611. The highest BCUT2D eigenvalue weighted by Gasteiger charge is 2.25. The van der Waals surface area contributed by atoms with E-state index in [4.69, 9.17) is 0 Å². The lowest BCUT2D eigenvalue weighted by atomic mass is 10.0. The predicted molar refractivity (Wildman–Crippen MR) is 52.8 cm³/mol. The largest absolute Gasteiger partial charge is 0.372 e. The van der Waals surface area contributed by atoms with Gasteiger partial charge in [-0.1, -0.05) is 13.8 Å². The Labute approximate surface area is 77.0 Å². The maximum atomic E-state index is 4.48. The Bertz CT molecular complexity index is 267. The highest BCUT2D eigenvalue weighted by Crippen LogP contribution is 2.33. The Balaban J connectivity index is 2.18. The van der Waals surface area contributed by atoms with Gasteiger partial charge in [-0.05, 0) is 12.8 Å². The fourth-order valence-corrected chi connectivity index (χ4v) is 2.46. The van der Waals surface area contributed by atoms with E-state index in [0.717, 1.165) is 6.42 Å². The summed E-state index contributed by atoms with van der Waals surface area (Å²) in [4.78, 5) is 4.48. The van der Waals surface area contributed by atoms with Gasteiger partial charge in [-0.3, -0.25) is 0 Å². The van der Waals surface area contributed by atoms with Crippen LogP contribution >= 0.6 is 11.3 Å². The van der Waals surface area contributed by atoms with E-state index in [-0.39, 0.29) is 0 Å². The Morgan fingerprint density at radius 2 is 2.33 bits per heavy atom. The molecule has 0 bridgehead atoms. The van der Waals surface area contributed by atoms with Crippen molar-refractivity contribution < 1.29 is 0 Å². The second kappa shape index (κ2) is 2.73. The summed E-state index contributed by atoms with van der Waals surface area (Å²) >= 11 is 1.78. The van der Waals surface area contributed by atoms with Crippen molar-refractivity contribution in [3.8, 4) is 0 Å². The number of rotatable bonds is 1. The highest BCUT2D eigenvalue weighted by molar-refractivity contribution is 7.15. The molecular weight excluding hydrogens is 168 g/mol. The van der Waals surface area contributed by atoms with Gasteiger partial charge < -0.3 is 5.32 Å². The SMILES string of the molecule is Cc1nc2c(s1)NC(C(C)C)C2. The van der Waals surface area contributed by atoms with Crippen molar-refractivity contribution in [3.05, 3.63) is 10.7 Å². The molecule has 1 aliphatic heterocycles. The molecule has 0 radical (unpaired) electrons. The van der Waals surface area contributed by atoms with Crippen LogP contribution in [0.15, 0.2) is 0 Å². The first-order chi connectivity index (χ1) is 5.66. The number of thiazole rings is 1. The molecule has 1 N–H and O–H groups in total. The van der Waals surface area contributed by atoms with Gasteiger partial charge in [0.2, 0.25) is 0 Å². The summed E-state index contributed by atoms with van der Waals surface area (Å²) in [7, 11) is 0. The van der Waals surface area contributed by atoms with Crippen molar-refractivity contribution in [1.29, 1.82) is 0 Å². The van der Waals surface area contributed by atoms with Crippen LogP contribution in [0.4, 0.5) is 5.00 Å². The standard InChI is InChI=1S/C9H14N2S/c1-5(2)7-4-8-9(11-7)12-6(3)10-8/h5,7,11H,4H2,1-3H3. The van der Waals surface area contributed by atoms with Crippen LogP contribution in [0.5, 0.6) is 0 Å². The van der Waals surface area contributed by atoms with Gasteiger partial charge >= 0.3 is 0 Å². The van der Waals surface area contributed by atoms with Gasteiger partial charge in [-0.15, -0.1) is 11.3 Å². The summed E-state index contributed by atoms with van der Waals surface area (Å²) in [6, 6.07) is 0.611. The molecule has 66 valence electrons. The molecular formula is C9H14N2S. The van der Waals surface area contributed by atoms with Crippen LogP contribution < -0.4 is 5.32 Å². The van der Waals surface area contributed by atoms with Crippen molar-refractivity contribution in [3.63, 3.8) is 0 Å². The summed E-state index contributed by atoms with van der Waals surface area (Å²) in [5.41, 5.74) is 1.27. The average Bonchev–Trinajstić information content (AvgIpc) is 2.42. The fourth-order valence-electron chi connectivity index (χ4n) is 1.55. The molecule has 0 spiro atoms. The molecule has 0 amide bonds. The lowest BCUT2D eigenvalue weighted by Gasteiger charge is -2.14. The zero-order chi connectivity index (χ0) is 8.72. The zero-order valence-corrected chi connectivity index (χ0v) is 8.53. The number of hydrogen-bond acceptors (Lipinski definition) is 3. The van der Waals surface area contributed by atoms with Gasteiger partial charge in [0, 0.05) is 12.5 Å². The number of aryl methyl sites for hydroxylation is 1. The van der Waals surface area contributed by atoms with E-state index in [2.05, 4.69) is 31.1 Å². The van der Waals surface area contributed by atoms with Crippen molar-refractivity contribution >= 4 is 16.3 Å². The third-order valence-corrected chi connectivity index (χ3v) is 3.28. The summed E-state index contributed by atoms with van der Waals surface area (Å²) in [5.74, 6) is 0.701. The average molecular weight is 182 g/mol. The van der Waals surface area contributed by atoms with Crippen LogP contribution in [0.25, 0.3) is 0 Å². The molecule has 1 aromatic heterocycles. The maximum Gasteiger partial charge on any atom is 0.112 e. The van der Waals surface area contributed by atoms with Crippen LogP contribution in [-0.4, -0.2) is 11.0 Å². The summed E-state index contributed by atoms with van der Waals surface area (Å²) in [5, 5.41) is 5.98. The van der Waals surface area contributed by atoms with Gasteiger partial charge in [-0.2, -0.15) is 0 Å². The molecule has 2 rings (SSSR count). The molecule has 3 heteroatoms. The maximum absolute atomic E-state index is 4.48. The van der Waals surface area contributed by atoms with Crippen LogP contribution in [-0.2, 0) is 6.42 Å². The molecule has 0 fully saturated rings. The predicted octanol–water partition coefficient (Wildman–Crippen LogP) is 2.44. The first-order valence-electron chi connectivity index (χ1n) is 4.39. The Morgan fingerprint density at radius 1 is 1.58 bits per heavy atom. The number of fused-ring (bicyclic) bond motifs is 1. The molecule has 1 atom stereocenters. The Kier molecular flexibility index (Phi) is 1.83. The van der Waals surface area contributed by atoms with E-state index in [1.165, 1.54) is 15.7 Å². The number of aromatic nitrogens is 1. The second-order valence-corrected chi connectivity index (χ2v) is 4.91. The van der Waals surface area contributed by atoms with E-state index in [1.54, 1.807) is 11.3 Å².